The number of hydrogen-bond donors (Lipinski definition) is 2. The van der Waals surface area contributed by atoms with Gasteiger partial charge in [-0.05, 0) is 25.7 Å². The van der Waals surface area contributed by atoms with Gasteiger partial charge in [0.1, 0.15) is 11.6 Å². The monoisotopic (exact) mass is 251 g/mol. The molecule has 2 N–H and O–H groups in total. The Balaban J connectivity index is 2.03. The second-order valence-corrected chi connectivity index (χ2v) is 4.81. The number of aromatic amines is 1. The standard InChI is InChI=1S/C13H21N3O2/c1-3-11-15-12(8-13(17)16-11)14-9(2)10-4-6-18-7-5-10/h8-10H,3-7H2,1-2H3,(H2,14,15,16,17). The van der Waals surface area contributed by atoms with Crippen molar-refractivity contribution in [3.05, 3.63) is 22.2 Å². The van der Waals surface area contributed by atoms with Gasteiger partial charge in [0.15, 0.2) is 0 Å². The van der Waals surface area contributed by atoms with E-state index in [4.69, 9.17) is 4.74 Å². The van der Waals surface area contributed by atoms with Gasteiger partial charge in [-0.3, -0.25) is 4.79 Å². The van der Waals surface area contributed by atoms with Crippen LogP contribution in [0.5, 0.6) is 0 Å². The van der Waals surface area contributed by atoms with Crippen molar-refractivity contribution in [2.75, 3.05) is 18.5 Å². The molecule has 0 saturated carbocycles. The van der Waals surface area contributed by atoms with Crippen molar-refractivity contribution < 1.29 is 4.74 Å². The van der Waals surface area contributed by atoms with Crippen molar-refractivity contribution in [1.82, 2.24) is 9.97 Å². The quantitative estimate of drug-likeness (QED) is 0.852. The number of H-pyrrole nitrogens is 1. The molecule has 1 aromatic rings. The van der Waals surface area contributed by atoms with Crippen LogP contribution in [-0.4, -0.2) is 29.2 Å². The lowest BCUT2D eigenvalue weighted by molar-refractivity contribution is 0.0622. The molecule has 0 spiro atoms. The molecule has 1 aliphatic heterocycles. The van der Waals surface area contributed by atoms with Crippen LogP contribution >= 0.6 is 0 Å². The summed E-state index contributed by atoms with van der Waals surface area (Å²) in [5.74, 6) is 1.99. The molecule has 0 bridgehead atoms. The van der Waals surface area contributed by atoms with Gasteiger partial charge in [0.05, 0.1) is 0 Å². The minimum Gasteiger partial charge on any atom is -0.381 e. The van der Waals surface area contributed by atoms with E-state index in [1.165, 1.54) is 6.07 Å². The van der Waals surface area contributed by atoms with E-state index in [0.717, 1.165) is 38.3 Å². The van der Waals surface area contributed by atoms with Gasteiger partial charge in [0.25, 0.3) is 5.56 Å². The molecule has 0 aromatic carbocycles. The molecule has 100 valence electrons. The average molecular weight is 251 g/mol. The Morgan fingerprint density at radius 3 is 2.94 bits per heavy atom. The zero-order valence-electron chi connectivity index (χ0n) is 11.0. The van der Waals surface area contributed by atoms with Gasteiger partial charge in [-0.15, -0.1) is 0 Å². The smallest absolute Gasteiger partial charge is 0.252 e. The van der Waals surface area contributed by atoms with Gasteiger partial charge in [0, 0.05) is 31.7 Å². The van der Waals surface area contributed by atoms with Crippen LogP contribution in [0.15, 0.2) is 10.9 Å². The second-order valence-electron chi connectivity index (χ2n) is 4.81. The number of nitrogens with zero attached hydrogens (tertiary/aromatic N) is 1. The predicted octanol–water partition coefficient (Wildman–Crippen LogP) is 1.56. The lowest BCUT2D eigenvalue weighted by Gasteiger charge is -2.28. The first kappa shape index (κ1) is 13.1. The molecule has 1 aliphatic rings. The molecule has 18 heavy (non-hydrogen) atoms. The van der Waals surface area contributed by atoms with E-state index in [-0.39, 0.29) is 5.56 Å². The summed E-state index contributed by atoms with van der Waals surface area (Å²) in [6.07, 6.45) is 2.87. The van der Waals surface area contributed by atoms with Crippen molar-refractivity contribution in [3.63, 3.8) is 0 Å². The highest BCUT2D eigenvalue weighted by atomic mass is 16.5. The van der Waals surface area contributed by atoms with Gasteiger partial charge < -0.3 is 15.0 Å². The molecule has 1 atom stereocenters. The van der Waals surface area contributed by atoms with Crippen LogP contribution in [0, 0.1) is 5.92 Å². The fourth-order valence-electron chi connectivity index (χ4n) is 2.32. The SMILES string of the molecule is CCc1nc(NC(C)C2CCOCC2)cc(=O)[nH]1. The summed E-state index contributed by atoms with van der Waals surface area (Å²) in [5.41, 5.74) is -0.0940. The summed E-state index contributed by atoms with van der Waals surface area (Å²) in [6, 6.07) is 1.84. The van der Waals surface area contributed by atoms with Crippen LogP contribution in [0.1, 0.15) is 32.5 Å². The van der Waals surface area contributed by atoms with E-state index < -0.39 is 0 Å². The number of hydrogen-bond acceptors (Lipinski definition) is 4. The third-order valence-electron chi connectivity index (χ3n) is 3.47. The number of anilines is 1. The van der Waals surface area contributed by atoms with E-state index in [1.54, 1.807) is 0 Å². The first-order chi connectivity index (χ1) is 8.69. The zero-order chi connectivity index (χ0) is 13.0. The summed E-state index contributed by atoms with van der Waals surface area (Å²) in [5, 5.41) is 3.34. The van der Waals surface area contributed by atoms with Crippen LogP contribution in [0.4, 0.5) is 5.82 Å². The Morgan fingerprint density at radius 1 is 1.56 bits per heavy atom. The Labute approximate surface area is 107 Å². The molecule has 2 heterocycles. The molecule has 5 nitrogen and oxygen atoms in total. The van der Waals surface area contributed by atoms with Crippen LogP contribution in [0.3, 0.4) is 0 Å². The van der Waals surface area contributed by atoms with Crippen molar-refractivity contribution >= 4 is 5.82 Å². The third-order valence-corrected chi connectivity index (χ3v) is 3.47. The van der Waals surface area contributed by atoms with Crippen molar-refractivity contribution in [3.8, 4) is 0 Å². The fourth-order valence-corrected chi connectivity index (χ4v) is 2.32. The van der Waals surface area contributed by atoms with Crippen LogP contribution < -0.4 is 10.9 Å². The Bertz CT molecular complexity index is 438. The van der Waals surface area contributed by atoms with Gasteiger partial charge >= 0.3 is 0 Å². The minimum atomic E-state index is -0.0940. The van der Waals surface area contributed by atoms with Gasteiger partial charge in [-0.2, -0.15) is 0 Å². The molecule has 1 aromatic heterocycles. The maximum absolute atomic E-state index is 11.5. The number of aromatic nitrogens is 2. The summed E-state index contributed by atoms with van der Waals surface area (Å²) < 4.78 is 5.36. The molecule has 5 heteroatoms. The Kier molecular flexibility index (Phi) is 4.36. The molecule has 0 radical (unpaired) electrons. The van der Waals surface area contributed by atoms with Crippen molar-refractivity contribution in [2.45, 2.75) is 39.2 Å². The zero-order valence-corrected chi connectivity index (χ0v) is 11.0. The molecule has 0 amide bonds. The summed E-state index contributed by atoms with van der Waals surface area (Å²) in [6.45, 7) is 5.79. The predicted molar refractivity (Wildman–Crippen MR) is 70.9 cm³/mol. The Hall–Kier alpha value is -1.36. The fraction of sp³-hybridized carbons (Fsp3) is 0.692. The number of ether oxygens (including phenoxy) is 1. The van der Waals surface area contributed by atoms with Gasteiger partial charge in [-0.25, -0.2) is 4.98 Å². The third kappa shape index (κ3) is 3.32. The number of rotatable bonds is 4. The first-order valence-corrected chi connectivity index (χ1v) is 6.63. The van der Waals surface area contributed by atoms with Gasteiger partial charge in [-0.1, -0.05) is 6.92 Å². The van der Waals surface area contributed by atoms with Crippen LogP contribution in [0.25, 0.3) is 0 Å². The van der Waals surface area contributed by atoms with E-state index in [2.05, 4.69) is 22.2 Å². The van der Waals surface area contributed by atoms with E-state index in [1.807, 2.05) is 6.92 Å². The molecule has 2 rings (SSSR count). The highest BCUT2D eigenvalue weighted by Crippen LogP contribution is 2.20. The number of nitrogens with one attached hydrogen (secondary N) is 2. The second kappa shape index (κ2) is 6.00. The molecule has 0 aliphatic carbocycles. The lowest BCUT2D eigenvalue weighted by atomic mass is 9.93. The largest absolute Gasteiger partial charge is 0.381 e. The molecular weight excluding hydrogens is 230 g/mol. The van der Waals surface area contributed by atoms with Crippen LogP contribution in [-0.2, 0) is 11.2 Å². The maximum Gasteiger partial charge on any atom is 0.252 e. The average Bonchev–Trinajstić information content (AvgIpc) is 2.39. The van der Waals surface area contributed by atoms with Crippen molar-refractivity contribution in [1.29, 1.82) is 0 Å². The van der Waals surface area contributed by atoms with E-state index in [9.17, 15) is 4.79 Å². The molecular formula is C13H21N3O2. The highest BCUT2D eigenvalue weighted by Gasteiger charge is 2.20. The highest BCUT2D eigenvalue weighted by molar-refractivity contribution is 5.34. The normalized spacial score (nSPS) is 18.6. The number of aryl methyl sites for hydroxylation is 1. The first-order valence-electron chi connectivity index (χ1n) is 6.63. The molecule has 1 saturated heterocycles. The van der Waals surface area contributed by atoms with Crippen molar-refractivity contribution in [2.24, 2.45) is 5.92 Å². The van der Waals surface area contributed by atoms with Crippen LogP contribution in [0.2, 0.25) is 0 Å². The summed E-state index contributed by atoms with van der Waals surface area (Å²) >= 11 is 0. The maximum atomic E-state index is 11.5. The lowest BCUT2D eigenvalue weighted by Crippen LogP contribution is -2.31. The Morgan fingerprint density at radius 2 is 2.28 bits per heavy atom. The molecule has 1 fully saturated rings. The topological polar surface area (TPSA) is 67.0 Å². The van der Waals surface area contributed by atoms with Gasteiger partial charge in [0.2, 0.25) is 0 Å². The minimum absolute atomic E-state index is 0.0940. The molecule has 1 unspecified atom stereocenters. The summed E-state index contributed by atoms with van der Waals surface area (Å²) in [4.78, 5) is 18.6. The van der Waals surface area contributed by atoms with E-state index >= 15 is 0 Å². The summed E-state index contributed by atoms with van der Waals surface area (Å²) in [7, 11) is 0. The van der Waals surface area contributed by atoms with E-state index in [0.29, 0.717) is 17.8 Å².